The van der Waals surface area contributed by atoms with E-state index in [1.807, 2.05) is 31.2 Å². The molecule has 5 nitrogen and oxygen atoms in total. The molecule has 0 saturated carbocycles. The largest absolute Gasteiger partial charge is 0.372 e. The Morgan fingerprint density at radius 3 is 2.47 bits per heavy atom. The number of hydrazone groups is 1. The highest BCUT2D eigenvalue weighted by Crippen LogP contribution is 2.02. The SMILES string of the molecule is CCc1ccc(/C=N/NS(=O)(=O)O)cc1. The predicted octanol–water partition coefficient (Wildman–Crippen LogP) is 0.975. The molecule has 0 atom stereocenters. The quantitative estimate of drug-likeness (QED) is 0.458. The summed E-state index contributed by atoms with van der Waals surface area (Å²) in [6.07, 6.45) is 2.26. The van der Waals surface area contributed by atoms with Crippen LogP contribution in [0.2, 0.25) is 0 Å². The predicted molar refractivity (Wildman–Crippen MR) is 58.1 cm³/mol. The van der Waals surface area contributed by atoms with Gasteiger partial charge in [-0.25, -0.2) is 0 Å². The Bertz CT molecular complexity index is 437. The first-order valence-electron chi connectivity index (χ1n) is 4.37. The zero-order valence-corrected chi connectivity index (χ0v) is 9.03. The van der Waals surface area contributed by atoms with Gasteiger partial charge in [-0.3, -0.25) is 4.55 Å². The molecule has 82 valence electrons. The third kappa shape index (κ3) is 4.57. The molecular formula is C9H12N2O3S. The number of nitrogens with one attached hydrogen (secondary N) is 1. The number of hydrogen-bond acceptors (Lipinski definition) is 3. The van der Waals surface area contributed by atoms with Crippen LogP contribution in [0.15, 0.2) is 29.4 Å². The third-order valence-corrected chi connectivity index (χ3v) is 2.11. The standard InChI is InChI=1S/C9H12N2O3S/c1-2-8-3-5-9(6-4-8)7-10-11-15(12,13)14/h3-7,11H,2H2,1H3,(H,12,13,14)/b10-7+. The minimum absolute atomic E-state index is 0.753. The van der Waals surface area contributed by atoms with Crippen LogP contribution in [0.25, 0.3) is 0 Å². The summed E-state index contributed by atoms with van der Waals surface area (Å²) in [7, 11) is -4.26. The molecule has 1 aromatic rings. The van der Waals surface area contributed by atoms with Crippen molar-refractivity contribution in [2.24, 2.45) is 5.10 Å². The van der Waals surface area contributed by atoms with Gasteiger partial charge < -0.3 is 0 Å². The normalized spacial score (nSPS) is 11.9. The van der Waals surface area contributed by atoms with Crippen LogP contribution in [-0.4, -0.2) is 19.2 Å². The van der Waals surface area contributed by atoms with Gasteiger partial charge in [0.25, 0.3) is 0 Å². The molecule has 0 radical (unpaired) electrons. The van der Waals surface area contributed by atoms with E-state index in [4.69, 9.17) is 4.55 Å². The van der Waals surface area contributed by atoms with Gasteiger partial charge in [-0.2, -0.15) is 18.4 Å². The summed E-state index contributed by atoms with van der Waals surface area (Å²) < 4.78 is 28.8. The molecule has 1 aromatic carbocycles. The van der Waals surface area contributed by atoms with Crippen molar-refractivity contribution in [2.75, 3.05) is 0 Å². The summed E-state index contributed by atoms with van der Waals surface area (Å²) in [5, 5.41) is 3.36. The number of aryl methyl sites for hydroxylation is 1. The van der Waals surface area contributed by atoms with E-state index < -0.39 is 10.3 Å². The van der Waals surface area contributed by atoms with Crippen LogP contribution in [0.3, 0.4) is 0 Å². The van der Waals surface area contributed by atoms with E-state index in [0.717, 1.165) is 12.0 Å². The molecule has 0 aliphatic rings. The Hall–Kier alpha value is -1.40. The molecule has 0 bridgehead atoms. The summed E-state index contributed by atoms with van der Waals surface area (Å²) in [6.45, 7) is 2.04. The van der Waals surface area contributed by atoms with Gasteiger partial charge in [-0.15, -0.1) is 0 Å². The topological polar surface area (TPSA) is 78.8 Å². The van der Waals surface area contributed by atoms with Crippen LogP contribution in [0, 0.1) is 0 Å². The maximum Gasteiger partial charge on any atom is 0.372 e. The highest BCUT2D eigenvalue weighted by Gasteiger charge is 1.97. The lowest BCUT2D eigenvalue weighted by Gasteiger charge is -1.97. The fraction of sp³-hybridized carbons (Fsp3) is 0.222. The summed E-state index contributed by atoms with van der Waals surface area (Å²) in [5.74, 6) is 0. The maximum atomic E-state index is 10.3. The monoisotopic (exact) mass is 228 g/mol. The van der Waals surface area contributed by atoms with Crippen molar-refractivity contribution < 1.29 is 13.0 Å². The smallest absolute Gasteiger partial charge is 0.268 e. The summed E-state index contributed by atoms with van der Waals surface area (Å²) in [5.41, 5.74) is 1.94. The Kier molecular flexibility index (Phi) is 3.81. The Morgan fingerprint density at radius 2 is 2.00 bits per heavy atom. The van der Waals surface area contributed by atoms with Crippen LogP contribution in [0.4, 0.5) is 0 Å². The maximum absolute atomic E-state index is 10.3. The first-order chi connectivity index (χ1) is 7.01. The Labute approximate surface area is 88.7 Å². The lowest BCUT2D eigenvalue weighted by molar-refractivity contribution is 0.470. The van der Waals surface area contributed by atoms with Gasteiger partial charge in [-0.05, 0) is 17.5 Å². The molecular weight excluding hydrogens is 216 g/mol. The molecule has 0 heterocycles. The number of rotatable bonds is 4. The number of benzene rings is 1. The van der Waals surface area contributed by atoms with Gasteiger partial charge in [0.05, 0.1) is 6.21 Å². The van der Waals surface area contributed by atoms with Crippen molar-refractivity contribution in [1.82, 2.24) is 4.83 Å². The van der Waals surface area contributed by atoms with Crippen molar-refractivity contribution in [3.8, 4) is 0 Å². The third-order valence-electron chi connectivity index (χ3n) is 1.77. The van der Waals surface area contributed by atoms with E-state index in [1.54, 1.807) is 4.83 Å². The molecule has 0 aliphatic heterocycles. The fourth-order valence-electron chi connectivity index (χ4n) is 1.01. The van der Waals surface area contributed by atoms with Crippen LogP contribution < -0.4 is 4.83 Å². The van der Waals surface area contributed by atoms with Gasteiger partial charge in [0, 0.05) is 0 Å². The number of nitrogens with zero attached hydrogens (tertiary/aromatic N) is 1. The van der Waals surface area contributed by atoms with Crippen LogP contribution in [-0.2, 0) is 16.7 Å². The van der Waals surface area contributed by atoms with E-state index >= 15 is 0 Å². The zero-order valence-electron chi connectivity index (χ0n) is 8.21. The van der Waals surface area contributed by atoms with Gasteiger partial charge in [0.15, 0.2) is 0 Å². The van der Waals surface area contributed by atoms with E-state index in [-0.39, 0.29) is 0 Å². The first kappa shape index (κ1) is 11.7. The molecule has 0 saturated heterocycles. The lowest BCUT2D eigenvalue weighted by atomic mass is 10.1. The van der Waals surface area contributed by atoms with Gasteiger partial charge in [-0.1, -0.05) is 31.2 Å². The minimum Gasteiger partial charge on any atom is -0.268 e. The van der Waals surface area contributed by atoms with E-state index in [2.05, 4.69) is 5.10 Å². The average molecular weight is 228 g/mol. The summed E-state index contributed by atoms with van der Waals surface area (Å²) in [4.78, 5) is 1.60. The van der Waals surface area contributed by atoms with Crippen molar-refractivity contribution in [2.45, 2.75) is 13.3 Å². The Balaban J connectivity index is 2.65. The Morgan fingerprint density at radius 1 is 1.40 bits per heavy atom. The van der Waals surface area contributed by atoms with Crippen molar-refractivity contribution in [3.05, 3.63) is 35.4 Å². The second-order valence-corrected chi connectivity index (χ2v) is 4.05. The molecule has 0 unspecified atom stereocenters. The highest BCUT2D eigenvalue weighted by molar-refractivity contribution is 7.83. The minimum atomic E-state index is -4.26. The molecule has 1 rings (SSSR count). The van der Waals surface area contributed by atoms with Crippen LogP contribution >= 0.6 is 0 Å². The molecule has 0 aliphatic carbocycles. The van der Waals surface area contributed by atoms with E-state index in [0.29, 0.717) is 0 Å². The summed E-state index contributed by atoms with van der Waals surface area (Å²) in [6, 6.07) is 7.48. The summed E-state index contributed by atoms with van der Waals surface area (Å²) >= 11 is 0. The highest BCUT2D eigenvalue weighted by atomic mass is 32.2. The van der Waals surface area contributed by atoms with Crippen LogP contribution in [0.1, 0.15) is 18.1 Å². The van der Waals surface area contributed by atoms with Gasteiger partial charge >= 0.3 is 10.3 Å². The molecule has 0 spiro atoms. The second kappa shape index (κ2) is 4.90. The van der Waals surface area contributed by atoms with Gasteiger partial charge in [0.1, 0.15) is 0 Å². The van der Waals surface area contributed by atoms with Crippen molar-refractivity contribution in [1.29, 1.82) is 0 Å². The second-order valence-electron chi connectivity index (χ2n) is 2.92. The first-order valence-corrected chi connectivity index (χ1v) is 5.81. The molecule has 6 heteroatoms. The van der Waals surface area contributed by atoms with Gasteiger partial charge in [0.2, 0.25) is 0 Å². The zero-order chi connectivity index (χ0) is 11.3. The molecule has 15 heavy (non-hydrogen) atoms. The molecule has 2 N–H and O–H groups in total. The molecule has 0 aromatic heterocycles. The van der Waals surface area contributed by atoms with Crippen molar-refractivity contribution in [3.63, 3.8) is 0 Å². The van der Waals surface area contributed by atoms with E-state index in [1.165, 1.54) is 11.8 Å². The average Bonchev–Trinajstić information content (AvgIpc) is 2.17. The molecule has 0 amide bonds. The van der Waals surface area contributed by atoms with E-state index in [9.17, 15) is 8.42 Å². The van der Waals surface area contributed by atoms with Crippen molar-refractivity contribution >= 4 is 16.5 Å². The van der Waals surface area contributed by atoms with Crippen LogP contribution in [0.5, 0.6) is 0 Å². The lowest BCUT2D eigenvalue weighted by Crippen LogP contribution is -2.16. The number of hydrogen-bond donors (Lipinski definition) is 2. The molecule has 0 fully saturated rings. The fourth-order valence-corrected chi connectivity index (χ4v) is 1.19.